The number of methoxy groups -OCH3 is 2. The van der Waals surface area contributed by atoms with Crippen molar-refractivity contribution in [3.63, 3.8) is 0 Å². The van der Waals surface area contributed by atoms with Crippen LogP contribution in [-0.2, 0) is 14.3 Å². The predicted molar refractivity (Wildman–Crippen MR) is 91.3 cm³/mol. The fraction of sp³-hybridized carbons (Fsp3) is 0.526. The lowest BCUT2D eigenvalue weighted by molar-refractivity contribution is -0.117. The van der Waals surface area contributed by atoms with Crippen molar-refractivity contribution in [3.8, 4) is 0 Å². The smallest absolute Gasteiger partial charge is 0.337 e. The molecule has 3 atom stereocenters. The van der Waals surface area contributed by atoms with Crippen molar-refractivity contribution >= 4 is 23.5 Å². The van der Waals surface area contributed by atoms with E-state index < -0.39 is 11.9 Å². The molecule has 2 bridgehead atoms. The molecule has 0 spiro atoms. The van der Waals surface area contributed by atoms with E-state index in [0.29, 0.717) is 23.9 Å². The van der Waals surface area contributed by atoms with Crippen LogP contribution < -0.4 is 5.32 Å². The van der Waals surface area contributed by atoms with Crippen LogP contribution >= 0.6 is 0 Å². The molecule has 1 N–H and O–H groups in total. The molecule has 0 unspecified atom stereocenters. The van der Waals surface area contributed by atoms with Gasteiger partial charge >= 0.3 is 11.9 Å². The number of hydrogen-bond donors (Lipinski definition) is 1. The van der Waals surface area contributed by atoms with Crippen molar-refractivity contribution in [3.05, 3.63) is 29.3 Å². The predicted octanol–water partition coefficient (Wildman–Crippen LogP) is 3.02. The van der Waals surface area contributed by atoms with E-state index in [9.17, 15) is 14.4 Å². The van der Waals surface area contributed by atoms with Crippen LogP contribution in [0.25, 0.3) is 0 Å². The zero-order valence-corrected chi connectivity index (χ0v) is 14.5. The van der Waals surface area contributed by atoms with Crippen LogP contribution in [0.1, 0.15) is 52.8 Å². The molecule has 1 aromatic carbocycles. The maximum Gasteiger partial charge on any atom is 0.337 e. The van der Waals surface area contributed by atoms with Gasteiger partial charge in [0.2, 0.25) is 5.91 Å². The van der Waals surface area contributed by atoms with Crippen LogP contribution in [0, 0.1) is 17.8 Å². The third kappa shape index (κ3) is 3.83. The van der Waals surface area contributed by atoms with E-state index in [-0.39, 0.29) is 17.0 Å². The Balaban J connectivity index is 1.72. The van der Waals surface area contributed by atoms with Gasteiger partial charge in [-0.2, -0.15) is 0 Å². The molecule has 6 heteroatoms. The van der Waals surface area contributed by atoms with Crippen molar-refractivity contribution < 1.29 is 23.9 Å². The van der Waals surface area contributed by atoms with E-state index in [0.717, 1.165) is 12.3 Å². The SMILES string of the molecule is COC(=O)c1cc(NC(=O)C[C@@H]2C[C@H]3CC[C@@H]2C3)cc(C(=O)OC)c1. The fourth-order valence-corrected chi connectivity index (χ4v) is 4.25. The first-order chi connectivity index (χ1) is 12.0. The Hall–Kier alpha value is -2.37. The number of carbonyl (C=O) groups is 3. The second-order valence-electron chi connectivity index (χ2n) is 6.97. The molecular weight excluding hydrogens is 322 g/mol. The molecular formula is C19H23NO5. The van der Waals surface area contributed by atoms with E-state index in [2.05, 4.69) is 5.32 Å². The van der Waals surface area contributed by atoms with Crippen molar-refractivity contribution in [1.82, 2.24) is 0 Å². The number of nitrogens with one attached hydrogen (secondary N) is 1. The minimum absolute atomic E-state index is 0.0876. The lowest BCUT2D eigenvalue weighted by Crippen LogP contribution is -2.20. The Bertz CT molecular complexity index is 665. The number of benzene rings is 1. The summed E-state index contributed by atoms with van der Waals surface area (Å²) < 4.78 is 9.40. The third-order valence-electron chi connectivity index (χ3n) is 5.39. The molecule has 1 amide bonds. The molecule has 0 aliphatic heterocycles. The molecule has 0 saturated heterocycles. The monoisotopic (exact) mass is 345 g/mol. The number of carbonyl (C=O) groups excluding carboxylic acids is 3. The molecule has 2 fully saturated rings. The molecule has 2 aliphatic rings. The van der Waals surface area contributed by atoms with Gasteiger partial charge in [0.15, 0.2) is 0 Å². The van der Waals surface area contributed by atoms with Gasteiger partial charge in [-0.1, -0.05) is 6.42 Å². The number of ether oxygens (including phenoxy) is 2. The summed E-state index contributed by atoms with van der Waals surface area (Å²) in [7, 11) is 2.53. The highest BCUT2D eigenvalue weighted by molar-refractivity contribution is 5.99. The Morgan fingerprint density at radius 2 is 1.64 bits per heavy atom. The Labute approximate surface area is 146 Å². The van der Waals surface area contributed by atoms with Gasteiger partial charge in [-0.25, -0.2) is 9.59 Å². The maximum absolute atomic E-state index is 12.4. The minimum atomic E-state index is -0.575. The molecule has 2 saturated carbocycles. The first kappa shape index (κ1) is 17.5. The molecule has 0 radical (unpaired) electrons. The number of rotatable bonds is 5. The summed E-state index contributed by atoms with van der Waals surface area (Å²) in [5.74, 6) is 0.667. The van der Waals surface area contributed by atoms with Crippen molar-refractivity contribution in [2.45, 2.75) is 32.1 Å². The highest BCUT2D eigenvalue weighted by Gasteiger charge is 2.40. The largest absolute Gasteiger partial charge is 0.465 e. The zero-order valence-electron chi connectivity index (χ0n) is 14.5. The molecule has 0 aromatic heterocycles. The molecule has 2 aliphatic carbocycles. The lowest BCUT2D eigenvalue weighted by atomic mass is 9.86. The van der Waals surface area contributed by atoms with Crippen molar-refractivity contribution in [1.29, 1.82) is 0 Å². The molecule has 1 aromatic rings. The Morgan fingerprint density at radius 1 is 1.00 bits per heavy atom. The second kappa shape index (κ2) is 7.25. The summed E-state index contributed by atoms with van der Waals surface area (Å²) in [6, 6.07) is 4.41. The van der Waals surface area contributed by atoms with Crippen molar-refractivity contribution in [2.24, 2.45) is 17.8 Å². The van der Waals surface area contributed by atoms with Gasteiger partial charge in [0.05, 0.1) is 25.3 Å². The fourth-order valence-electron chi connectivity index (χ4n) is 4.25. The quantitative estimate of drug-likeness (QED) is 0.830. The summed E-state index contributed by atoms with van der Waals surface area (Å²) >= 11 is 0. The van der Waals surface area contributed by atoms with Gasteiger partial charge in [-0.3, -0.25) is 4.79 Å². The molecule has 3 rings (SSSR count). The summed E-state index contributed by atoms with van der Waals surface area (Å²) in [6.07, 6.45) is 5.40. The van der Waals surface area contributed by atoms with Gasteiger partial charge in [-0.15, -0.1) is 0 Å². The van der Waals surface area contributed by atoms with Crippen LogP contribution in [-0.4, -0.2) is 32.1 Å². The first-order valence-corrected chi connectivity index (χ1v) is 8.61. The lowest BCUT2D eigenvalue weighted by Gasteiger charge is -2.21. The average Bonchev–Trinajstić information content (AvgIpc) is 3.22. The summed E-state index contributed by atoms with van der Waals surface area (Å²) in [5, 5.41) is 2.81. The van der Waals surface area contributed by atoms with E-state index in [1.807, 2.05) is 0 Å². The second-order valence-corrected chi connectivity index (χ2v) is 6.97. The van der Waals surface area contributed by atoms with Crippen LogP contribution in [0.15, 0.2) is 18.2 Å². The minimum Gasteiger partial charge on any atom is -0.465 e. The molecule has 6 nitrogen and oxygen atoms in total. The number of fused-ring (bicyclic) bond motifs is 2. The normalized spacial score (nSPS) is 24.0. The van der Waals surface area contributed by atoms with Gasteiger partial charge < -0.3 is 14.8 Å². The Morgan fingerprint density at radius 3 is 2.12 bits per heavy atom. The van der Waals surface area contributed by atoms with Gasteiger partial charge in [-0.05, 0) is 55.2 Å². The molecule has 0 heterocycles. The number of hydrogen-bond acceptors (Lipinski definition) is 5. The van der Waals surface area contributed by atoms with Crippen LogP contribution in [0.4, 0.5) is 5.69 Å². The zero-order chi connectivity index (χ0) is 18.0. The third-order valence-corrected chi connectivity index (χ3v) is 5.39. The maximum atomic E-state index is 12.4. The standard InChI is InChI=1S/C19H23NO5/c1-24-18(22)14-7-15(19(23)25-2)9-16(8-14)20-17(21)10-13-6-11-3-4-12(13)5-11/h7-9,11-13H,3-6,10H2,1-2H3,(H,20,21)/t11-,12+,13-/m0/s1. The van der Waals surface area contributed by atoms with Gasteiger partial charge in [0.1, 0.15) is 0 Å². The molecule has 25 heavy (non-hydrogen) atoms. The highest BCUT2D eigenvalue weighted by Crippen LogP contribution is 2.49. The van der Waals surface area contributed by atoms with E-state index in [1.54, 1.807) is 0 Å². The summed E-state index contributed by atoms with van der Waals surface area (Å²) in [6.45, 7) is 0. The highest BCUT2D eigenvalue weighted by atomic mass is 16.5. The number of esters is 2. The van der Waals surface area contributed by atoms with E-state index >= 15 is 0 Å². The summed E-state index contributed by atoms with van der Waals surface area (Å²) in [5.41, 5.74) is 0.790. The topological polar surface area (TPSA) is 81.7 Å². The Kier molecular flexibility index (Phi) is 5.06. The number of amides is 1. The van der Waals surface area contributed by atoms with Crippen molar-refractivity contribution in [2.75, 3.05) is 19.5 Å². The van der Waals surface area contributed by atoms with Crippen LogP contribution in [0.3, 0.4) is 0 Å². The van der Waals surface area contributed by atoms with Gasteiger partial charge in [0, 0.05) is 12.1 Å². The molecule has 134 valence electrons. The van der Waals surface area contributed by atoms with Crippen LogP contribution in [0.5, 0.6) is 0 Å². The summed E-state index contributed by atoms with van der Waals surface area (Å²) in [4.78, 5) is 36.0. The van der Waals surface area contributed by atoms with E-state index in [4.69, 9.17) is 9.47 Å². The van der Waals surface area contributed by atoms with E-state index in [1.165, 1.54) is 51.7 Å². The average molecular weight is 345 g/mol. The first-order valence-electron chi connectivity index (χ1n) is 8.61. The van der Waals surface area contributed by atoms with Gasteiger partial charge in [0.25, 0.3) is 0 Å². The number of anilines is 1. The van der Waals surface area contributed by atoms with Crippen LogP contribution in [0.2, 0.25) is 0 Å².